The Bertz CT molecular complexity index is 739. The van der Waals surface area contributed by atoms with Crippen LogP contribution in [0.25, 0.3) is 21.9 Å². The number of nitrogens with two attached hydrogens (primary N) is 1. The molecule has 6 nitrogen and oxygen atoms in total. The molecule has 0 amide bonds. The summed E-state index contributed by atoms with van der Waals surface area (Å²) < 4.78 is 5.44. The summed E-state index contributed by atoms with van der Waals surface area (Å²) in [5, 5.41) is 2.19. The Balaban J connectivity index is 1.94. The van der Waals surface area contributed by atoms with Gasteiger partial charge in [0.25, 0.3) is 0 Å². The number of H-pyrrole nitrogens is 1. The van der Waals surface area contributed by atoms with E-state index in [2.05, 4.69) is 25.9 Å². The fourth-order valence-electron chi connectivity index (χ4n) is 2.44. The molecule has 110 valence electrons. The van der Waals surface area contributed by atoms with Crippen LogP contribution in [0.5, 0.6) is 0 Å². The van der Waals surface area contributed by atoms with Crippen LogP contribution >= 0.6 is 0 Å². The van der Waals surface area contributed by atoms with Gasteiger partial charge in [-0.3, -0.25) is 0 Å². The molecule has 0 saturated heterocycles. The van der Waals surface area contributed by atoms with E-state index in [1.165, 1.54) is 0 Å². The number of aromatic nitrogens is 3. The van der Waals surface area contributed by atoms with Crippen LogP contribution in [0, 0.1) is 0 Å². The number of hydrogen-bond acceptors (Lipinski definition) is 5. The summed E-state index contributed by atoms with van der Waals surface area (Å²) in [4.78, 5) is 14.2. The van der Waals surface area contributed by atoms with Crippen molar-refractivity contribution in [1.82, 2.24) is 15.0 Å². The Morgan fingerprint density at radius 2 is 2.10 bits per heavy atom. The number of likely N-dealkylation sites (N-methyl/N-ethyl adjacent to an activating group) is 1. The van der Waals surface area contributed by atoms with E-state index in [1.807, 2.05) is 25.2 Å². The Morgan fingerprint density at radius 1 is 1.24 bits per heavy atom. The van der Waals surface area contributed by atoms with E-state index < -0.39 is 0 Å². The summed E-state index contributed by atoms with van der Waals surface area (Å²) in [5.41, 5.74) is 7.34. The molecule has 0 aliphatic heterocycles. The zero-order valence-corrected chi connectivity index (χ0v) is 12.0. The summed E-state index contributed by atoms with van der Waals surface area (Å²) in [6, 6.07) is 8.16. The van der Waals surface area contributed by atoms with Crippen molar-refractivity contribution in [3.05, 3.63) is 30.6 Å². The summed E-state index contributed by atoms with van der Waals surface area (Å²) in [7, 11) is 2.01. The molecule has 3 rings (SSSR count). The van der Waals surface area contributed by atoms with E-state index >= 15 is 0 Å². The smallest absolute Gasteiger partial charge is 0.143 e. The number of rotatable bonds is 6. The topological polar surface area (TPSA) is 80.1 Å². The van der Waals surface area contributed by atoms with E-state index in [9.17, 15) is 0 Å². The van der Waals surface area contributed by atoms with Crippen LogP contribution in [-0.2, 0) is 4.74 Å². The molecular weight excluding hydrogens is 266 g/mol. The van der Waals surface area contributed by atoms with Crippen LogP contribution in [0.2, 0.25) is 0 Å². The number of para-hydroxylation sites is 1. The van der Waals surface area contributed by atoms with Gasteiger partial charge in [0.1, 0.15) is 17.8 Å². The zero-order valence-electron chi connectivity index (χ0n) is 12.0. The lowest BCUT2D eigenvalue weighted by Crippen LogP contribution is -2.24. The molecule has 0 unspecified atom stereocenters. The average Bonchev–Trinajstić information content (AvgIpc) is 2.90. The zero-order chi connectivity index (χ0) is 14.7. The molecule has 1 aromatic carbocycles. The second-order valence-corrected chi connectivity index (χ2v) is 4.91. The molecule has 0 bridgehead atoms. The average molecular weight is 285 g/mol. The molecule has 3 aromatic rings. The fraction of sp³-hybridized carbons (Fsp3) is 0.333. The SMILES string of the molecule is CN(CCOCCN)c1ncnc2[nH]c3ccccc3c12. The molecule has 3 N–H and O–H groups in total. The van der Waals surface area contributed by atoms with Gasteiger partial charge in [0.2, 0.25) is 0 Å². The number of nitrogens with one attached hydrogen (secondary N) is 1. The van der Waals surface area contributed by atoms with Gasteiger partial charge in [0.05, 0.1) is 18.6 Å². The van der Waals surface area contributed by atoms with E-state index in [0.29, 0.717) is 19.8 Å². The number of nitrogens with zero attached hydrogens (tertiary/aromatic N) is 3. The molecule has 0 fully saturated rings. The number of ether oxygens (including phenoxy) is 1. The first kappa shape index (κ1) is 13.8. The lowest BCUT2D eigenvalue weighted by atomic mass is 10.2. The number of anilines is 1. The van der Waals surface area contributed by atoms with Crippen LogP contribution < -0.4 is 10.6 Å². The van der Waals surface area contributed by atoms with Crippen molar-refractivity contribution in [3.63, 3.8) is 0 Å². The van der Waals surface area contributed by atoms with E-state index in [0.717, 1.165) is 34.3 Å². The number of hydrogen-bond donors (Lipinski definition) is 2. The largest absolute Gasteiger partial charge is 0.378 e. The normalized spacial score (nSPS) is 11.3. The molecule has 0 aliphatic rings. The number of aromatic amines is 1. The quantitative estimate of drug-likeness (QED) is 0.671. The van der Waals surface area contributed by atoms with Crippen LogP contribution in [0.15, 0.2) is 30.6 Å². The second-order valence-electron chi connectivity index (χ2n) is 4.91. The van der Waals surface area contributed by atoms with E-state index in [-0.39, 0.29) is 0 Å². The first-order chi connectivity index (χ1) is 10.3. The van der Waals surface area contributed by atoms with Crippen LogP contribution in [0.1, 0.15) is 0 Å². The highest BCUT2D eigenvalue weighted by Gasteiger charge is 2.13. The third-order valence-electron chi connectivity index (χ3n) is 3.47. The summed E-state index contributed by atoms with van der Waals surface area (Å²) in [5.74, 6) is 0.911. The maximum Gasteiger partial charge on any atom is 0.143 e. The summed E-state index contributed by atoms with van der Waals surface area (Å²) in [6.45, 7) is 2.51. The van der Waals surface area contributed by atoms with Gasteiger partial charge in [-0.2, -0.15) is 0 Å². The van der Waals surface area contributed by atoms with Crippen LogP contribution in [-0.4, -0.2) is 48.3 Å². The molecule has 2 aromatic heterocycles. The molecule has 0 aliphatic carbocycles. The third kappa shape index (κ3) is 2.68. The summed E-state index contributed by atoms with van der Waals surface area (Å²) in [6.07, 6.45) is 1.59. The fourth-order valence-corrected chi connectivity index (χ4v) is 2.44. The lowest BCUT2D eigenvalue weighted by Gasteiger charge is -2.18. The number of fused-ring (bicyclic) bond motifs is 3. The maximum atomic E-state index is 5.44. The molecule has 0 radical (unpaired) electrons. The molecule has 2 heterocycles. The highest BCUT2D eigenvalue weighted by atomic mass is 16.5. The maximum absolute atomic E-state index is 5.44. The minimum Gasteiger partial charge on any atom is -0.378 e. The van der Waals surface area contributed by atoms with Gasteiger partial charge in [-0.1, -0.05) is 18.2 Å². The van der Waals surface area contributed by atoms with Crippen molar-refractivity contribution >= 4 is 27.8 Å². The standard InChI is InChI=1S/C15H19N5O/c1-20(7-9-21-8-6-16)15-13-11-4-2-3-5-12(11)19-14(13)17-10-18-15/h2-5,10H,6-9,16H2,1H3,(H,17,18,19). The Labute approximate surface area is 122 Å². The Hall–Kier alpha value is -2.18. The van der Waals surface area contributed by atoms with Crippen molar-refractivity contribution in [2.75, 3.05) is 38.3 Å². The second kappa shape index (κ2) is 6.07. The van der Waals surface area contributed by atoms with Crippen molar-refractivity contribution < 1.29 is 4.74 Å². The number of benzene rings is 1. The molecule has 6 heteroatoms. The van der Waals surface area contributed by atoms with Gasteiger partial charge < -0.3 is 20.4 Å². The molecule has 0 saturated carbocycles. The van der Waals surface area contributed by atoms with Gasteiger partial charge >= 0.3 is 0 Å². The third-order valence-corrected chi connectivity index (χ3v) is 3.47. The van der Waals surface area contributed by atoms with Crippen LogP contribution in [0.4, 0.5) is 5.82 Å². The monoisotopic (exact) mass is 285 g/mol. The molecular formula is C15H19N5O. The lowest BCUT2D eigenvalue weighted by molar-refractivity contribution is 0.148. The Kier molecular flexibility index (Phi) is 3.98. The van der Waals surface area contributed by atoms with Gasteiger partial charge in [0, 0.05) is 31.0 Å². The van der Waals surface area contributed by atoms with Crippen LogP contribution in [0.3, 0.4) is 0 Å². The van der Waals surface area contributed by atoms with Crippen molar-refractivity contribution in [2.45, 2.75) is 0 Å². The van der Waals surface area contributed by atoms with Crippen molar-refractivity contribution in [3.8, 4) is 0 Å². The predicted octanol–water partition coefficient (Wildman–Crippen LogP) is 1.52. The first-order valence-corrected chi connectivity index (χ1v) is 7.01. The van der Waals surface area contributed by atoms with Gasteiger partial charge in [-0.15, -0.1) is 0 Å². The van der Waals surface area contributed by atoms with Crippen molar-refractivity contribution in [2.24, 2.45) is 5.73 Å². The Morgan fingerprint density at radius 3 is 2.95 bits per heavy atom. The molecule has 0 atom stereocenters. The highest BCUT2D eigenvalue weighted by molar-refractivity contribution is 6.11. The minimum atomic E-state index is 0.546. The van der Waals surface area contributed by atoms with Gasteiger partial charge in [-0.05, 0) is 6.07 Å². The predicted molar refractivity (Wildman–Crippen MR) is 84.5 cm³/mol. The van der Waals surface area contributed by atoms with Gasteiger partial charge in [-0.25, -0.2) is 9.97 Å². The molecule has 0 spiro atoms. The summed E-state index contributed by atoms with van der Waals surface area (Å²) >= 11 is 0. The first-order valence-electron chi connectivity index (χ1n) is 7.01. The highest BCUT2D eigenvalue weighted by Crippen LogP contribution is 2.30. The van der Waals surface area contributed by atoms with E-state index in [4.69, 9.17) is 10.5 Å². The van der Waals surface area contributed by atoms with Crippen molar-refractivity contribution in [1.29, 1.82) is 0 Å². The minimum absolute atomic E-state index is 0.546. The van der Waals surface area contributed by atoms with Gasteiger partial charge in [0.15, 0.2) is 0 Å². The van der Waals surface area contributed by atoms with E-state index in [1.54, 1.807) is 6.33 Å². The molecule has 21 heavy (non-hydrogen) atoms.